The largest absolute Gasteiger partial charge is 0.394 e. The topological polar surface area (TPSA) is 45.1 Å². The lowest BCUT2D eigenvalue weighted by Crippen LogP contribution is -2.29. The van der Waals surface area contributed by atoms with E-state index < -0.39 is 0 Å². The lowest BCUT2D eigenvalue weighted by Gasteiger charge is -2.20. The number of nitrogens with zero attached hydrogens (tertiary/aromatic N) is 1. The van der Waals surface area contributed by atoms with E-state index in [2.05, 4.69) is 24.1 Å². The minimum absolute atomic E-state index is 0.113. The molecule has 3 heteroatoms. The van der Waals surface area contributed by atoms with Crippen molar-refractivity contribution in [3.8, 4) is 0 Å². The van der Waals surface area contributed by atoms with Gasteiger partial charge in [-0.25, -0.2) is 0 Å². The third kappa shape index (κ3) is 3.03. The number of hydrogen-bond donors (Lipinski definition) is 2. The normalized spacial score (nSPS) is 12.9. The Hall–Kier alpha value is -1.09. The van der Waals surface area contributed by atoms with Gasteiger partial charge in [0.05, 0.1) is 12.6 Å². The average molecular weight is 180 g/mol. The zero-order chi connectivity index (χ0) is 9.68. The number of nitrogens with one attached hydrogen (secondary N) is 1. The highest BCUT2D eigenvalue weighted by Gasteiger charge is 2.10. The van der Waals surface area contributed by atoms with Crippen LogP contribution in [0.3, 0.4) is 0 Å². The SMILES string of the molecule is CC(C)[C@@H](CO)Nc1ccncc1. The van der Waals surface area contributed by atoms with E-state index in [1.165, 1.54) is 0 Å². The molecule has 1 heterocycles. The van der Waals surface area contributed by atoms with Crippen molar-refractivity contribution in [2.24, 2.45) is 5.92 Å². The molecule has 0 aliphatic heterocycles. The Labute approximate surface area is 78.8 Å². The van der Waals surface area contributed by atoms with Gasteiger partial charge < -0.3 is 10.4 Å². The van der Waals surface area contributed by atoms with Crippen molar-refractivity contribution < 1.29 is 5.11 Å². The highest BCUT2D eigenvalue weighted by atomic mass is 16.3. The van der Waals surface area contributed by atoms with Crippen LogP contribution in [0.15, 0.2) is 24.5 Å². The summed E-state index contributed by atoms with van der Waals surface area (Å²) in [5, 5.41) is 12.3. The van der Waals surface area contributed by atoms with Gasteiger partial charge in [0.25, 0.3) is 0 Å². The average Bonchev–Trinajstić information content (AvgIpc) is 2.15. The molecule has 72 valence electrons. The molecule has 13 heavy (non-hydrogen) atoms. The lowest BCUT2D eigenvalue weighted by atomic mass is 10.1. The van der Waals surface area contributed by atoms with E-state index in [1.807, 2.05) is 12.1 Å². The number of aliphatic hydroxyl groups excluding tert-OH is 1. The van der Waals surface area contributed by atoms with Crippen LogP contribution in [0.25, 0.3) is 0 Å². The molecule has 0 aromatic carbocycles. The zero-order valence-electron chi connectivity index (χ0n) is 8.07. The number of aromatic nitrogens is 1. The maximum Gasteiger partial charge on any atom is 0.0635 e. The summed E-state index contributed by atoms with van der Waals surface area (Å²) in [6, 6.07) is 3.90. The van der Waals surface area contributed by atoms with Gasteiger partial charge in [-0.1, -0.05) is 13.8 Å². The fourth-order valence-corrected chi connectivity index (χ4v) is 1.09. The summed E-state index contributed by atoms with van der Waals surface area (Å²) in [6.07, 6.45) is 3.47. The predicted molar refractivity (Wildman–Crippen MR) is 53.6 cm³/mol. The second-order valence-electron chi connectivity index (χ2n) is 3.41. The minimum atomic E-state index is 0.113. The second kappa shape index (κ2) is 4.82. The summed E-state index contributed by atoms with van der Waals surface area (Å²) in [4.78, 5) is 3.92. The Bertz CT molecular complexity index is 236. The highest BCUT2D eigenvalue weighted by Crippen LogP contribution is 2.10. The van der Waals surface area contributed by atoms with Gasteiger partial charge in [0.15, 0.2) is 0 Å². The molecular weight excluding hydrogens is 164 g/mol. The first-order chi connectivity index (χ1) is 6.24. The van der Waals surface area contributed by atoms with Gasteiger partial charge in [-0.05, 0) is 18.1 Å². The number of rotatable bonds is 4. The monoisotopic (exact) mass is 180 g/mol. The number of anilines is 1. The molecule has 1 aromatic rings. The Morgan fingerprint density at radius 3 is 2.46 bits per heavy atom. The van der Waals surface area contributed by atoms with E-state index >= 15 is 0 Å². The molecular formula is C10H16N2O. The maximum absolute atomic E-state index is 9.08. The van der Waals surface area contributed by atoms with Crippen LogP contribution in [0.5, 0.6) is 0 Å². The summed E-state index contributed by atoms with van der Waals surface area (Å²) in [6.45, 7) is 4.31. The highest BCUT2D eigenvalue weighted by molar-refractivity contribution is 5.41. The Morgan fingerprint density at radius 2 is 2.00 bits per heavy atom. The Morgan fingerprint density at radius 1 is 1.38 bits per heavy atom. The molecule has 1 rings (SSSR count). The lowest BCUT2D eigenvalue weighted by molar-refractivity contribution is 0.249. The van der Waals surface area contributed by atoms with Crippen LogP contribution in [0.2, 0.25) is 0 Å². The molecule has 0 saturated carbocycles. The smallest absolute Gasteiger partial charge is 0.0635 e. The van der Waals surface area contributed by atoms with E-state index in [1.54, 1.807) is 12.4 Å². The molecule has 1 atom stereocenters. The molecule has 2 N–H and O–H groups in total. The molecule has 3 nitrogen and oxygen atoms in total. The molecule has 0 spiro atoms. The second-order valence-corrected chi connectivity index (χ2v) is 3.41. The molecule has 0 fully saturated rings. The number of aliphatic hydroxyl groups is 1. The Kier molecular flexibility index (Phi) is 3.71. The van der Waals surface area contributed by atoms with E-state index in [9.17, 15) is 0 Å². The summed E-state index contributed by atoms with van der Waals surface area (Å²) in [5.74, 6) is 0.415. The van der Waals surface area contributed by atoms with Crippen molar-refractivity contribution in [1.29, 1.82) is 0 Å². The van der Waals surface area contributed by atoms with Crippen molar-refractivity contribution in [2.45, 2.75) is 19.9 Å². The quantitative estimate of drug-likeness (QED) is 0.738. The van der Waals surface area contributed by atoms with Crippen LogP contribution < -0.4 is 5.32 Å². The molecule has 0 unspecified atom stereocenters. The van der Waals surface area contributed by atoms with Gasteiger partial charge in [-0.3, -0.25) is 4.98 Å². The van der Waals surface area contributed by atoms with Crippen molar-refractivity contribution >= 4 is 5.69 Å². The van der Waals surface area contributed by atoms with Crippen LogP contribution in [0.1, 0.15) is 13.8 Å². The summed E-state index contributed by atoms with van der Waals surface area (Å²) >= 11 is 0. The van der Waals surface area contributed by atoms with Gasteiger partial charge in [-0.2, -0.15) is 0 Å². The Balaban J connectivity index is 2.57. The van der Waals surface area contributed by atoms with Gasteiger partial charge in [0, 0.05) is 18.1 Å². The fourth-order valence-electron chi connectivity index (χ4n) is 1.09. The van der Waals surface area contributed by atoms with Crippen LogP contribution in [0.4, 0.5) is 5.69 Å². The molecule has 1 aromatic heterocycles. The first kappa shape index (κ1) is 9.99. The summed E-state index contributed by atoms with van der Waals surface area (Å²) in [7, 11) is 0. The maximum atomic E-state index is 9.08. The molecule has 0 bridgehead atoms. The van der Waals surface area contributed by atoms with E-state index in [0.717, 1.165) is 5.69 Å². The van der Waals surface area contributed by atoms with E-state index in [4.69, 9.17) is 5.11 Å². The van der Waals surface area contributed by atoms with Crippen LogP contribution in [-0.2, 0) is 0 Å². The standard InChI is InChI=1S/C10H16N2O/c1-8(2)10(7-13)12-9-3-5-11-6-4-9/h3-6,8,10,13H,7H2,1-2H3,(H,11,12)/t10-/m1/s1. The van der Waals surface area contributed by atoms with Crippen molar-refractivity contribution in [2.75, 3.05) is 11.9 Å². The fraction of sp³-hybridized carbons (Fsp3) is 0.500. The van der Waals surface area contributed by atoms with Crippen LogP contribution >= 0.6 is 0 Å². The van der Waals surface area contributed by atoms with E-state index in [-0.39, 0.29) is 12.6 Å². The first-order valence-electron chi connectivity index (χ1n) is 4.51. The predicted octanol–water partition coefficient (Wildman–Crippen LogP) is 1.51. The van der Waals surface area contributed by atoms with Crippen molar-refractivity contribution in [3.05, 3.63) is 24.5 Å². The third-order valence-electron chi connectivity index (χ3n) is 2.03. The molecule has 0 aliphatic rings. The summed E-state index contributed by atoms with van der Waals surface area (Å²) in [5.41, 5.74) is 1.00. The summed E-state index contributed by atoms with van der Waals surface area (Å²) < 4.78 is 0. The molecule has 0 saturated heterocycles. The van der Waals surface area contributed by atoms with Crippen molar-refractivity contribution in [3.63, 3.8) is 0 Å². The van der Waals surface area contributed by atoms with Gasteiger partial charge in [0.1, 0.15) is 0 Å². The zero-order valence-corrected chi connectivity index (χ0v) is 8.07. The molecule has 0 amide bonds. The van der Waals surface area contributed by atoms with Gasteiger partial charge in [-0.15, -0.1) is 0 Å². The van der Waals surface area contributed by atoms with Crippen LogP contribution in [0, 0.1) is 5.92 Å². The first-order valence-corrected chi connectivity index (χ1v) is 4.51. The number of pyridine rings is 1. The molecule has 0 aliphatic carbocycles. The minimum Gasteiger partial charge on any atom is -0.394 e. The van der Waals surface area contributed by atoms with E-state index in [0.29, 0.717) is 5.92 Å². The number of hydrogen-bond acceptors (Lipinski definition) is 3. The molecule has 0 radical (unpaired) electrons. The van der Waals surface area contributed by atoms with Gasteiger partial charge >= 0.3 is 0 Å². The third-order valence-corrected chi connectivity index (χ3v) is 2.03. The van der Waals surface area contributed by atoms with Crippen LogP contribution in [-0.4, -0.2) is 22.7 Å². The van der Waals surface area contributed by atoms with Crippen molar-refractivity contribution in [1.82, 2.24) is 4.98 Å². The van der Waals surface area contributed by atoms with Gasteiger partial charge in [0.2, 0.25) is 0 Å².